The van der Waals surface area contributed by atoms with E-state index in [0.717, 1.165) is 32.3 Å². The molecule has 0 amide bonds. The fourth-order valence-electron chi connectivity index (χ4n) is 2.94. The van der Waals surface area contributed by atoms with Crippen molar-refractivity contribution >= 4 is 5.97 Å². The van der Waals surface area contributed by atoms with Gasteiger partial charge in [0.25, 0.3) is 0 Å². The van der Waals surface area contributed by atoms with Crippen molar-refractivity contribution in [2.75, 3.05) is 33.0 Å². The predicted octanol–water partition coefficient (Wildman–Crippen LogP) is 6.45. The second-order valence-corrected chi connectivity index (χ2v) is 7.44. The van der Waals surface area contributed by atoms with E-state index in [2.05, 4.69) is 13.8 Å². The van der Waals surface area contributed by atoms with E-state index < -0.39 is 0 Å². The second kappa shape index (κ2) is 23.4. The van der Waals surface area contributed by atoms with Crippen LogP contribution in [-0.4, -0.2) is 39.0 Å². The van der Waals surface area contributed by atoms with Gasteiger partial charge in [-0.1, -0.05) is 84.5 Å². The third-order valence-electron chi connectivity index (χ3n) is 4.69. The molecule has 0 radical (unpaired) electrons. The molecule has 0 saturated heterocycles. The first-order valence-corrected chi connectivity index (χ1v) is 11.6. The molecule has 27 heavy (non-hydrogen) atoms. The highest BCUT2D eigenvalue weighted by molar-refractivity contribution is 5.69. The van der Waals surface area contributed by atoms with E-state index in [4.69, 9.17) is 14.2 Å². The number of hydrogen-bond donors (Lipinski definition) is 0. The van der Waals surface area contributed by atoms with E-state index in [0.29, 0.717) is 32.8 Å². The number of esters is 1. The summed E-state index contributed by atoms with van der Waals surface area (Å²) in [6.07, 6.45) is 17.8. The highest BCUT2D eigenvalue weighted by Gasteiger charge is 2.02. The Morgan fingerprint density at radius 3 is 1.56 bits per heavy atom. The zero-order valence-corrected chi connectivity index (χ0v) is 18.3. The lowest BCUT2D eigenvalue weighted by Gasteiger charge is -2.07. The molecule has 0 rings (SSSR count). The summed E-state index contributed by atoms with van der Waals surface area (Å²) in [5, 5.41) is 0. The minimum absolute atomic E-state index is 0.100. The Kier molecular flexibility index (Phi) is 22.9. The highest BCUT2D eigenvalue weighted by Crippen LogP contribution is 2.09. The van der Waals surface area contributed by atoms with E-state index in [1.54, 1.807) is 0 Å². The fraction of sp³-hybridized carbons (Fsp3) is 0.957. The molecule has 0 saturated carbocycles. The van der Waals surface area contributed by atoms with Crippen LogP contribution in [0.15, 0.2) is 0 Å². The van der Waals surface area contributed by atoms with E-state index in [1.165, 1.54) is 64.2 Å². The van der Waals surface area contributed by atoms with E-state index in [9.17, 15) is 4.79 Å². The van der Waals surface area contributed by atoms with Crippen LogP contribution in [0.5, 0.6) is 0 Å². The normalized spacial score (nSPS) is 11.0. The Balaban J connectivity index is 3.09. The molecule has 0 bridgehead atoms. The maximum absolute atomic E-state index is 11.5. The molecule has 0 aromatic heterocycles. The fourth-order valence-corrected chi connectivity index (χ4v) is 2.94. The van der Waals surface area contributed by atoms with Crippen molar-refractivity contribution < 1.29 is 19.0 Å². The molecule has 0 N–H and O–H groups in total. The number of carbonyl (C=O) groups is 1. The minimum Gasteiger partial charge on any atom is -0.466 e. The van der Waals surface area contributed by atoms with E-state index in [-0.39, 0.29) is 5.97 Å². The predicted molar refractivity (Wildman–Crippen MR) is 113 cm³/mol. The molecule has 0 heterocycles. The van der Waals surface area contributed by atoms with Crippen LogP contribution < -0.4 is 0 Å². The summed E-state index contributed by atoms with van der Waals surface area (Å²) in [7, 11) is 0. The zero-order valence-electron chi connectivity index (χ0n) is 18.3. The van der Waals surface area contributed by atoms with Crippen molar-refractivity contribution in [3.05, 3.63) is 0 Å². The lowest BCUT2D eigenvalue weighted by atomic mass is 10.1. The number of unbranched alkanes of at least 4 members (excludes halogenated alkanes) is 11. The largest absolute Gasteiger partial charge is 0.466 e. The summed E-state index contributed by atoms with van der Waals surface area (Å²) in [6.45, 7) is 7.71. The Morgan fingerprint density at radius 2 is 0.963 bits per heavy atom. The first-order chi connectivity index (χ1) is 13.3. The second-order valence-electron chi connectivity index (χ2n) is 7.44. The quantitative estimate of drug-likeness (QED) is 0.158. The van der Waals surface area contributed by atoms with Crippen molar-refractivity contribution in [2.45, 2.75) is 110 Å². The van der Waals surface area contributed by atoms with Gasteiger partial charge in [-0.2, -0.15) is 0 Å². The Bertz CT molecular complexity index is 294. The van der Waals surface area contributed by atoms with Crippen LogP contribution in [0.1, 0.15) is 110 Å². The summed E-state index contributed by atoms with van der Waals surface area (Å²) >= 11 is 0. The third kappa shape index (κ3) is 23.4. The Morgan fingerprint density at radius 1 is 0.519 bits per heavy atom. The Labute approximate surface area is 168 Å². The average molecular weight is 387 g/mol. The van der Waals surface area contributed by atoms with Gasteiger partial charge in [0, 0.05) is 19.6 Å². The van der Waals surface area contributed by atoms with Crippen molar-refractivity contribution in [3.8, 4) is 0 Å². The summed E-state index contributed by atoms with van der Waals surface area (Å²) in [5.41, 5.74) is 0. The van der Waals surface area contributed by atoms with Crippen LogP contribution in [0.2, 0.25) is 0 Å². The van der Waals surface area contributed by atoms with Crippen LogP contribution in [0, 0.1) is 0 Å². The topological polar surface area (TPSA) is 44.8 Å². The van der Waals surface area contributed by atoms with Gasteiger partial charge in [-0.25, -0.2) is 0 Å². The maximum Gasteiger partial charge on any atom is 0.305 e. The molecule has 0 aromatic carbocycles. The van der Waals surface area contributed by atoms with E-state index >= 15 is 0 Å². The van der Waals surface area contributed by atoms with Crippen molar-refractivity contribution in [2.24, 2.45) is 0 Å². The molecule has 0 aliphatic heterocycles. The van der Waals surface area contributed by atoms with Gasteiger partial charge in [0.15, 0.2) is 0 Å². The van der Waals surface area contributed by atoms with Gasteiger partial charge in [0.2, 0.25) is 0 Å². The van der Waals surface area contributed by atoms with Crippen molar-refractivity contribution in [3.63, 3.8) is 0 Å². The van der Waals surface area contributed by atoms with Crippen LogP contribution in [-0.2, 0) is 19.0 Å². The molecule has 0 aliphatic rings. The lowest BCUT2D eigenvalue weighted by Crippen LogP contribution is -2.09. The van der Waals surface area contributed by atoms with Crippen molar-refractivity contribution in [1.29, 1.82) is 0 Å². The molecular formula is C23H46O4. The molecule has 0 fully saturated rings. The number of hydrogen-bond acceptors (Lipinski definition) is 4. The summed E-state index contributed by atoms with van der Waals surface area (Å²) in [6, 6.07) is 0. The summed E-state index contributed by atoms with van der Waals surface area (Å²) in [4.78, 5) is 11.5. The Hall–Kier alpha value is -0.610. The van der Waals surface area contributed by atoms with Gasteiger partial charge in [-0.15, -0.1) is 0 Å². The molecule has 0 spiro atoms. The standard InChI is InChI=1S/C23H46O4/c1-3-5-7-9-10-11-12-13-14-18-25-21-22-26-19-16-17-23(24)27-20-15-8-6-4-2/h3-22H2,1-2H3. The van der Waals surface area contributed by atoms with E-state index in [1.807, 2.05) is 0 Å². The van der Waals surface area contributed by atoms with Crippen LogP contribution in [0.25, 0.3) is 0 Å². The van der Waals surface area contributed by atoms with Gasteiger partial charge >= 0.3 is 5.97 Å². The average Bonchev–Trinajstić information content (AvgIpc) is 2.67. The van der Waals surface area contributed by atoms with Gasteiger partial charge in [-0.05, 0) is 19.3 Å². The molecule has 162 valence electrons. The SMILES string of the molecule is CCCCCCCCCCCOCCOCCCC(=O)OCCCCCC. The molecule has 0 atom stereocenters. The lowest BCUT2D eigenvalue weighted by molar-refractivity contribution is -0.144. The maximum atomic E-state index is 11.5. The van der Waals surface area contributed by atoms with Gasteiger partial charge in [0.1, 0.15) is 0 Å². The molecule has 4 nitrogen and oxygen atoms in total. The van der Waals surface area contributed by atoms with Crippen molar-refractivity contribution in [1.82, 2.24) is 0 Å². The number of carbonyl (C=O) groups excluding carboxylic acids is 1. The van der Waals surface area contributed by atoms with Crippen LogP contribution >= 0.6 is 0 Å². The first kappa shape index (κ1) is 26.4. The van der Waals surface area contributed by atoms with Gasteiger partial charge in [0.05, 0.1) is 19.8 Å². The number of rotatable bonds is 22. The van der Waals surface area contributed by atoms with Gasteiger partial charge < -0.3 is 14.2 Å². The molecular weight excluding hydrogens is 340 g/mol. The van der Waals surface area contributed by atoms with Crippen LogP contribution in [0.3, 0.4) is 0 Å². The monoisotopic (exact) mass is 386 g/mol. The molecule has 0 aromatic rings. The highest BCUT2D eigenvalue weighted by atomic mass is 16.5. The summed E-state index contributed by atoms with van der Waals surface area (Å²) in [5.74, 6) is -0.100. The first-order valence-electron chi connectivity index (χ1n) is 11.6. The number of ether oxygens (including phenoxy) is 3. The molecule has 0 aliphatic carbocycles. The summed E-state index contributed by atoms with van der Waals surface area (Å²) < 4.78 is 16.3. The van der Waals surface area contributed by atoms with Crippen LogP contribution in [0.4, 0.5) is 0 Å². The smallest absolute Gasteiger partial charge is 0.305 e. The minimum atomic E-state index is -0.100. The third-order valence-corrected chi connectivity index (χ3v) is 4.69. The molecule has 0 unspecified atom stereocenters. The van der Waals surface area contributed by atoms with Gasteiger partial charge in [-0.3, -0.25) is 4.79 Å². The zero-order chi connectivity index (χ0) is 19.8. The molecule has 4 heteroatoms.